The summed E-state index contributed by atoms with van der Waals surface area (Å²) in [6.07, 6.45) is 0. The molecule has 0 amide bonds. The van der Waals surface area contributed by atoms with Crippen LogP contribution < -0.4 is 10.1 Å². The second-order valence-electron chi connectivity index (χ2n) is 5.38. The van der Waals surface area contributed by atoms with E-state index in [0.29, 0.717) is 6.04 Å². The van der Waals surface area contributed by atoms with Crippen molar-refractivity contribution in [2.45, 2.75) is 26.8 Å². The number of hydrogen-bond acceptors (Lipinski definition) is 3. The molecule has 6 heteroatoms. The minimum atomic E-state index is 0. The van der Waals surface area contributed by atoms with Crippen LogP contribution in [0.1, 0.15) is 18.1 Å². The van der Waals surface area contributed by atoms with Crippen molar-refractivity contribution in [3.8, 4) is 5.75 Å². The summed E-state index contributed by atoms with van der Waals surface area (Å²) >= 11 is 3.58. The number of rotatable bonds is 4. The van der Waals surface area contributed by atoms with Gasteiger partial charge in [-0.05, 0) is 44.0 Å². The van der Waals surface area contributed by atoms with Crippen LogP contribution in [0.15, 0.2) is 16.6 Å². The average molecular weight is 400 g/mol. The first-order chi connectivity index (χ1) is 9.06. The van der Waals surface area contributed by atoms with Gasteiger partial charge in [0, 0.05) is 36.7 Å². The smallest absolute Gasteiger partial charge is 0.119 e. The highest BCUT2D eigenvalue weighted by Gasteiger charge is 2.14. The fourth-order valence-electron chi connectivity index (χ4n) is 2.50. The quantitative estimate of drug-likeness (QED) is 0.837. The van der Waals surface area contributed by atoms with Gasteiger partial charge in [-0.3, -0.25) is 4.90 Å². The number of piperazine rings is 1. The fraction of sp³-hybridized carbons (Fsp3) is 0.600. The molecule has 122 valence electrons. The number of nitrogens with zero attached hydrogens (tertiary/aromatic N) is 1. The van der Waals surface area contributed by atoms with Gasteiger partial charge in [0.05, 0.1) is 0 Å². The van der Waals surface area contributed by atoms with Gasteiger partial charge in [-0.15, -0.1) is 24.8 Å². The maximum absolute atomic E-state index is 5.88. The summed E-state index contributed by atoms with van der Waals surface area (Å²) in [6.45, 7) is 11.5. The lowest BCUT2D eigenvalue weighted by Crippen LogP contribution is -2.50. The Balaban J connectivity index is 0.00000200. The van der Waals surface area contributed by atoms with Gasteiger partial charge in [0.25, 0.3) is 0 Å². The number of aryl methyl sites for hydroxylation is 2. The molecule has 0 unspecified atom stereocenters. The Hall–Kier alpha value is -0.000000000000000111. The highest BCUT2D eigenvalue weighted by atomic mass is 79.9. The predicted octanol–water partition coefficient (Wildman–Crippen LogP) is 3.58. The molecular formula is C15H25BrCl2N2O. The molecule has 1 N–H and O–H groups in total. The first-order valence-corrected chi connectivity index (χ1v) is 7.71. The van der Waals surface area contributed by atoms with Crippen molar-refractivity contribution >= 4 is 40.7 Å². The molecule has 0 spiro atoms. The Labute approximate surface area is 148 Å². The molecule has 0 bridgehead atoms. The van der Waals surface area contributed by atoms with E-state index < -0.39 is 0 Å². The monoisotopic (exact) mass is 398 g/mol. The average Bonchev–Trinajstić information content (AvgIpc) is 2.36. The van der Waals surface area contributed by atoms with Crippen LogP contribution in [-0.4, -0.2) is 43.7 Å². The van der Waals surface area contributed by atoms with Crippen molar-refractivity contribution in [1.29, 1.82) is 0 Å². The summed E-state index contributed by atoms with van der Waals surface area (Å²) < 4.78 is 7.05. The van der Waals surface area contributed by atoms with E-state index in [-0.39, 0.29) is 24.8 Å². The molecule has 1 heterocycles. The summed E-state index contributed by atoms with van der Waals surface area (Å²) in [7, 11) is 0. The van der Waals surface area contributed by atoms with Crippen molar-refractivity contribution in [3.63, 3.8) is 0 Å². The Morgan fingerprint density at radius 1 is 1.29 bits per heavy atom. The van der Waals surface area contributed by atoms with Crippen molar-refractivity contribution in [2.24, 2.45) is 0 Å². The zero-order valence-electron chi connectivity index (χ0n) is 12.8. The second kappa shape index (κ2) is 9.90. The molecule has 0 aliphatic carbocycles. The molecule has 2 rings (SSSR count). The molecule has 1 saturated heterocycles. The van der Waals surface area contributed by atoms with Crippen LogP contribution in [0.5, 0.6) is 5.75 Å². The Morgan fingerprint density at radius 3 is 2.48 bits per heavy atom. The lowest BCUT2D eigenvalue weighted by molar-refractivity contribution is 0.170. The maximum atomic E-state index is 5.88. The van der Waals surface area contributed by atoms with E-state index in [1.165, 1.54) is 15.6 Å². The standard InChI is InChI=1S/C15H23BrN2O.2ClH/c1-11-8-14(9-12(2)15(11)16)19-7-6-18-5-4-17-13(3)10-18;;/h8-9,13,17H,4-7,10H2,1-3H3;2*1H/t13-;;/m0../s1. The van der Waals surface area contributed by atoms with Gasteiger partial charge >= 0.3 is 0 Å². The minimum Gasteiger partial charge on any atom is -0.492 e. The summed E-state index contributed by atoms with van der Waals surface area (Å²) in [5.74, 6) is 0.974. The van der Waals surface area contributed by atoms with Crippen LogP contribution in [0.3, 0.4) is 0 Å². The summed E-state index contributed by atoms with van der Waals surface area (Å²) in [5, 5.41) is 3.45. The number of halogens is 3. The summed E-state index contributed by atoms with van der Waals surface area (Å²) in [4.78, 5) is 2.46. The van der Waals surface area contributed by atoms with E-state index in [0.717, 1.165) is 38.5 Å². The van der Waals surface area contributed by atoms with E-state index >= 15 is 0 Å². The zero-order valence-corrected chi connectivity index (χ0v) is 16.0. The highest BCUT2D eigenvalue weighted by molar-refractivity contribution is 9.10. The van der Waals surface area contributed by atoms with E-state index in [4.69, 9.17) is 4.74 Å². The van der Waals surface area contributed by atoms with E-state index in [1.54, 1.807) is 0 Å². The molecule has 3 nitrogen and oxygen atoms in total. The topological polar surface area (TPSA) is 24.5 Å². The first kappa shape index (κ1) is 21.0. The predicted molar refractivity (Wildman–Crippen MR) is 97.5 cm³/mol. The molecule has 1 aromatic rings. The third-order valence-electron chi connectivity index (χ3n) is 3.54. The van der Waals surface area contributed by atoms with Crippen LogP contribution in [-0.2, 0) is 0 Å². The Kier molecular flexibility index (Phi) is 9.90. The van der Waals surface area contributed by atoms with E-state index in [2.05, 4.69) is 59.1 Å². The highest BCUT2D eigenvalue weighted by Crippen LogP contribution is 2.26. The zero-order chi connectivity index (χ0) is 13.8. The Bertz CT molecular complexity index is 423. The molecule has 0 radical (unpaired) electrons. The van der Waals surface area contributed by atoms with Gasteiger partial charge in [0.1, 0.15) is 12.4 Å². The number of hydrogen-bond donors (Lipinski definition) is 1. The Morgan fingerprint density at radius 2 is 1.90 bits per heavy atom. The molecule has 0 aromatic heterocycles. The number of ether oxygens (including phenoxy) is 1. The third-order valence-corrected chi connectivity index (χ3v) is 4.79. The van der Waals surface area contributed by atoms with E-state index in [1.807, 2.05) is 0 Å². The van der Waals surface area contributed by atoms with Crippen LogP contribution in [0, 0.1) is 13.8 Å². The van der Waals surface area contributed by atoms with Crippen LogP contribution >= 0.6 is 40.7 Å². The van der Waals surface area contributed by atoms with Gasteiger partial charge < -0.3 is 10.1 Å². The molecule has 1 aromatic carbocycles. The first-order valence-electron chi connectivity index (χ1n) is 6.91. The van der Waals surface area contributed by atoms with Crippen molar-refractivity contribution in [1.82, 2.24) is 10.2 Å². The molecule has 1 aliphatic heterocycles. The van der Waals surface area contributed by atoms with Gasteiger partial charge in [-0.2, -0.15) is 0 Å². The summed E-state index contributed by atoms with van der Waals surface area (Å²) in [5.41, 5.74) is 2.46. The SMILES string of the molecule is Cc1cc(OCCN2CCN[C@@H](C)C2)cc(C)c1Br.Cl.Cl. The minimum absolute atomic E-state index is 0. The molecule has 1 fully saturated rings. The molecular weight excluding hydrogens is 375 g/mol. The van der Waals surface area contributed by atoms with Crippen molar-refractivity contribution < 1.29 is 4.74 Å². The fourth-order valence-corrected chi connectivity index (χ4v) is 2.73. The third kappa shape index (κ3) is 6.33. The van der Waals surface area contributed by atoms with Crippen LogP contribution in [0.25, 0.3) is 0 Å². The van der Waals surface area contributed by atoms with Gasteiger partial charge in [-0.25, -0.2) is 0 Å². The largest absolute Gasteiger partial charge is 0.492 e. The number of benzene rings is 1. The van der Waals surface area contributed by atoms with Crippen molar-refractivity contribution in [2.75, 3.05) is 32.8 Å². The normalized spacial score (nSPS) is 18.6. The molecule has 0 saturated carbocycles. The second-order valence-corrected chi connectivity index (χ2v) is 6.17. The lowest BCUT2D eigenvalue weighted by Gasteiger charge is -2.31. The molecule has 1 atom stereocenters. The number of nitrogens with one attached hydrogen (secondary N) is 1. The van der Waals surface area contributed by atoms with E-state index in [9.17, 15) is 0 Å². The van der Waals surface area contributed by atoms with Crippen LogP contribution in [0.4, 0.5) is 0 Å². The lowest BCUT2D eigenvalue weighted by atomic mass is 10.1. The summed E-state index contributed by atoms with van der Waals surface area (Å²) in [6, 6.07) is 4.78. The van der Waals surface area contributed by atoms with Gasteiger partial charge in [0.15, 0.2) is 0 Å². The molecule has 1 aliphatic rings. The molecule has 21 heavy (non-hydrogen) atoms. The maximum Gasteiger partial charge on any atom is 0.119 e. The van der Waals surface area contributed by atoms with Gasteiger partial charge in [-0.1, -0.05) is 15.9 Å². The van der Waals surface area contributed by atoms with Crippen LogP contribution in [0.2, 0.25) is 0 Å². The van der Waals surface area contributed by atoms with Gasteiger partial charge in [0.2, 0.25) is 0 Å². The van der Waals surface area contributed by atoms with Crippen molar-refractivity contribution in [3.05, 3.63) is 27.7 Å².